The molecule has 0 saturated heterocycles. The van der Waals surface area contributed by atoms with Crippen LogP contribution in [0.1, 0.15) is 5.56 Å². The summed E-state index contributed by atoms with van der Waals surface area (Å²) >= 11 is 1.16. The third-order valence-electron chi connectivity index (χ3n) is 2.53. The number of hydrogen-bond donors (Lipinski definition) is 2. The SMILES string of the molecule is N#Cc1ccsc1NS(=O)(=O)CCOc1ccc(N)cc1. The number of nitrogens with two attached hydrogens (primary N) is 1. The summed E-state index contributed by atoms with van der Waals surface area (Å²) in [5, 5.41) is 10.8. The summed E-state index contributed by atoms with van der Waals surface area (Å²) in [7, 11) is -3.56. The maximum absolute atomic E-state index is 11.9. The van der Waals surface area contributed by atoms with E-state index >= 15 is 0 Å². The average molecular weight is 323 g/mol. The number of rotatable bonds is 6. The van der Waals surface area contributed by atoms with Crippen molar-refractivity contribution in [3.8, 4) is 11.8 Å². The van der Waals surface area contributed by atoms with Crippen molar-refractivity contribution in [1.82, 2.24) is 0 Å². The molecule has 0 fully saturated rings. The number of thiophene rings is 1. The van der Waals surface area contributed by atoms with Crippen molar-refractivity contribution < 1.29 is 13.2 Å². The molecule has 3 N–H and O–H groups in total. The highest BCUT2D eigenvalue weighted by Crippen LogP contribution is 2.23. The second kappa shape index (κ2) is 6.47. The van der Waals surface area contributed by atoms with Gasteiger partial charge >= 0.3 is 0 Å². The first kappa shape index (κ1) is 15.2. The van der Waals surface area contributed by atoms with Gasteiger partial charge in [0.25, 0.3) is 0 Å². The number of anilines is 2. The summed E-state index contributed by atoms with van der Waals surface area (Å²) in [6.45, 7) is 0.00646. The number of sulfonamides is 1. The summed E-state index contributed by atoms with van der Waals surface area (Å²) in [4.78, 5) is 0. The van der Waals surface area contributed by atoms with Crippen molar-refractivity contribution in [2.24, 2.45) is 0 Å². The molecule has 0 unspecified atom stereocenters. The Bertz CT molecular complexity index is 746. The standard InChI is InChI=1S/C13H13N3O3S2/c14-9-10-5-7-20-13(10)16-21(17,18)8-6-19-12-3-1-11(15)2-4-12/h1-5,7,16H,6,8,15H2. The lowest BCUT2D eigenvalue weighted by atomic mass is 10.3. The highest BCUT2D eigenvalue weighted by molar-refractivity contribution is 7.92. The Morgan fingerprint density at radius 3 is 2.67 bits per heavy atom. The third kappa shape index (κ3) is 4.37. The number of nitrogens with one attached hydrogen (secondary N) is 1. The van der Waals surface area contributed by atoms with Gasteiger partial charge in [-0.3, -0.25) is 4.72 Å². The van der Waals surface area contributed by atoms with Gasteiger partial charge < -0.3 is 10.5 Å². The Hall–Kier alpha value is -2.24. The van der Waals surface area contributed by atoms with Crippen molar-refractivity contribution >= 4 is 32.0 Å². The lowest BCUT2D eigenvalue weighted by molar-refractivity contribution is 0.341. The Kier molecular flexibility index (Phi) is 4.67. The van der Waals surface area contributed by atoms with Crippen molar-refractivity contribution in [2.45, 2.75) is 0 Å². The van der Waals surface area contributed by atoms with Gasteiger partial charge in [-0.05, 0) is 35.7 Å². The van der Waals surface area contributed by atoms with Crippen LogP contribution < -0.4 is 15.2 Å². The van der Waals surface area contributed by atoms with E-state index in [1.54, 1.807) is 35.7 Å². The first-order chi connectivity index (χ1) is 10.00. The molecule has 21 heavy (non-hydrogen) atoms. The van der Waals surface area contributed by atoms with Crippen molar-refractivity contribution in [3.63, 3.8) is 0 Å². The van der Waals surface area contributed by atoms with E-state index in [2.05, 4.69) is 4.72 Å². The quantitative estimate of drug-likeness (QED) is 0.791. The number of ether oxygens (including phenoxy) is 1. The molecule has 2 aromatic rings. The fraction of sp³-hybridized carbons (Fsp3) is 0.154. The molecule has 2 rings (SSSR count). The molecule has 8 heteroatoms. The van der Waals surface area contributed by atoms with E-state index in [4.69, 9.17) is 15.7 Å². The van der Waals surface area contributed by atoms with Crippen LogP contribution in [0.5, 0.6) is 5.75 Å². The first-order valence-electron chi connectivity index (χ1n) is 5.96. The van der Waals surface area contributed by atoms with Crippen LogP contribution in [0.4, 0.5) is 10.7 Å². The lowest BCUT2D eigenvalue weighted by Crippen LogP contribution is -2.21. The van der Waals surface area contributed by atoms with Crippen molar-refractivity contribution in [3.05, 3.63) is 41.3 Å². The second-order valence-corrected chi connectivity index (χ2v) is 6.87. The maximum atomic E-state index is 11.9. The molecular weight excluding hydrogens is 310 g/mol. The normalized spacial score (nSPS) is 10.8. The van der Waals surface area contributed by atoms with Crippen LogP contribution in [0.2, 0.25) is 0 Å². The number of nitrogens with zero attached hydrogens (tertiary/aromatic N) is 1. The van der Waals surface area contributed by atoms with Crippen molar-refractivity contribution in [1.29, 1.82) is 5.26 Å². The summed E-state index contributed by atoms with van der Waals surface area (Å²) in [5.41, 5.74) is 6.46. The second-order valence-electron chi connectivity index (χ2n) is 4.11. The van der Waals surface area contributed by atoms with Gasteiger partial charge in [-0.2, -0.15) is 5.26 Å². The Balaban J connectivity index is 1.90. The predicted molar refractivity (Wildman–Crippen MR) is 82.8 cm³/mol. The van der Waals surface area contributed by atoms with Gasteiger partial charge in [0, 0.05) is 5.69 Å². The molecule has 0 saturated carbocycles. The van der Waals surface area contributed by atoms with Crippen LogP contribution in [-0.2, 0) is 10.0 Å². The zero-order chi connectivity index (χ0) is 15.3. The maximum Gasteiger partial charge on any atom is 0.236 e. The zero-order valence-corrected chi connectivity index (χ0v) is 12.6. The van der Waals surface area contributed by atoms with Gasteiger partial charge in [-0.1, -0.05) is 0 Å². The summed E-state index contributed by atoms with van der Waals surface area (Å²) < 4.78 is 31.5. The van der Waals surface area contributed by atoms with Crippen LogP contribution in [0.15, 0.2) is 35.7 Å². The molecule has 0 spiro atoms. The topological polar surface area (TPSA) is 105 Å². The van der Waals surface area contributed by atoms with Gasteiger partial charge in [-0.25, -0.2) is 8.42 Å². The Morgan fingerprint density at radius 1 is 1.29 bits per heavy atom. The highest BCUT2D eigenvalue weighted by Gasteiger charge is 2.14. The van der Waals surface area contributed by atoms with E-state index in [0.717, 1.165) is 11.3 Å². The van der Waals surface area contributed by atoms with Crippen LogP contribution in [0.3, 0.4) is 0 Å². The molecule has 0 amide bonds. The molecule has 1 heterocycles. The molecular formula is C13H13N3O3S2. The molecule has 0 bridgehead atoms. The summed E-state index contributed by atoms with van der Waals surface area (Å²) in [6, 6.07) is 10.2. The number of nitrogen functional groups attached to an aromatic ring is 1. The Morgan fingerprint density at radius 2 is 2.00 bits per heavy atom. The van der Waals surface area contributed by atoms with E-state index in [-0.39, 0.29) is 12.4 Å². The van der Waals surface area contributed by atoms with Gasteiger partial charge in [-0.15, -0.1) is 11.3 Å². The molecule has 0 radical (unpaired) electrons. The molecule has 1 aromatic carbocycles. The number of benzene rings is 1. The summed E-state index contributed by atoms with van der Waals surface area (Å²) in [6.07, 6.45) is 0. The average Bonchev–Trinajstić information content (AvgIpc) is 2.87. The van der Waals surface area contributed by atoms with Crippen LogP contribution in [0.25, 0.3) is 0 Å². The van der Waals surface area contributed by atoms with Crippen LogP contribution in [-0.4, -0.2) is 20.8 Å². The monoisotopic (exact) mass is 323 g/mol. The number of hydrogen-bond acceptors (Lipinski definition) is 6. The molecule has 110 valence electrons. The largest absolute Gasteiger partial charge is 0.492 e. The minimum atomic E-state index is -3.56. The molecule has 0 aliphatic heterocycles. The van der Waals surface area contributed by atoms with E-state index in [1.165, 1.54) is 0 Å². The minimum Gasteiger partial charge on any atom is -0.492 e. The smallest absolute Gasteiger partial charge is 0.236 e. The van der Waals surface area contributed by atoms with Gasteiger partial charge in [0.05, 0.1) is 5.56 Å². The van der Waals surface area contributed by atoms with E-state index in [9.17, 15) is 8.42 Å². The van der Waals surface area contributed by atoms with Crippen LogP contribution >= 0.6 is 11.3 Å². The number of nitriles is 1. The Labute approximate surface area is 126 Å². The van der Waals surface area contributed by atoms with Gasteiger partial charge in [0.15, 0.2) is 0 Å². The van der Waals surface area contributed by atoms with E-state index in [1.807, 2.05) is 6.07 Å². The predicted octanol–water partition coefficient (Wildman–Crippen LogP) is 2.02. The van der Waals surface area contributed by atoms with E-state index < -0.39 is 10.0 Å². The minimum absolute atomic E-state index is 0.00646. The van der Waals surface area contributed by atoms with Crippen molar-refractivity contribution in [2.75, 3.05) is 22.8 Å². The first-order valence-corrected chi connectivity index (χ1v) is 8.50. The molecule has 0 aliphatic rings. The van der Waals surface area contributed by atoms with Gasteiger partial charge in [0.2, 0.25) is 10.0 Å². The lowest BCUT2D eigenvalue weighted by Gasteiger charge is -2.08. The van der Waals surface area contributed by atoms with E-state index in [0.29, 0.717) is 22.0 Å². The van der Waals surface area contributed by atoms with Crippen LogP contribution in [0, 0.1) is 11.3 Å². The fourth-order valence-electron chi connectivity index (χ4n) is 1.50. The highest BCUT2D eigenvalue weighted by atomic mass is 32.2. The molecule has 0 aliphatic carbocycles. The summed E-state index contributed by atoms with van der Waals surface area (Å²) in [5.74, 6) is 0.341. The third-order valence-corrected chi connectivity index (χ3v) is 4.71. The molecule has 6 nitrogen and oxygen atoms in total. The fourth-order valence-corrected chi connectivity index (χ4v) is 3.45. The molecule has 0 atom stereocenters. The zero-order valence-electron chi connectivity index (χ0n) is 10.9. The van der Waals surface area contributed by atoms with Gasteiger partial charge in [0.1, 0.15) is 29.2 Å². The molecule has 1 aromatic heterocycles.